The first-order chi connectivity index (χ1) is 19.8. The van der Waals surface area contributed by atoms with Gasteiger partial charge in [0.05, 0.1) is 10.5 Å². The highest BCUT2D eigenvalue weighted by molar-refractivity contribution is 7.92. The minimum Gasteiger partial charge on any atom is -0.486 e. The van der Waals surface area contributed by atoms with Crippen molar-refractivity contribution in [3.05, 3.63) is 103 Å². The predicted molar refractivity (Wildman–Crippen MR) is 151 cm³/mol. The number of nitrogens with one attached hydrogen (secondary N) is 2. The lowest BCUT2D eigenvalue weighted by molar-refractivity contribution is -0.123. The fourth-order valence-electron chi connectivity index (χ4n) is 3.84. The normalized spacial score (nSPS) is 13.0. The molecule has 210 valence electrons. The first kappa shape index (κ1) is 27.5. The molecule has 0 aromatic heterocycles. The van der Waals surface area contributed by atoms with E-state index in [1.54, 1.807) is 24.3 Å². The van der Waals surface area contributed by atoms with Crippen molar-refractivity contribution >= 4 is 33.3 Å². The SMILES string of the molecule is CC(OC(=O)c1ccc(NS(=O)(=O)c2ccc3c(c2)OCCO3)cc1)C(=O)Nc1ccc(Oc2ccccc2)cc1. The van der Waals surface area contributed by atoms with Crippen molar-refractivity contribution in [3.8, 4) is 23.0 Å². The molecule has 41 heavy (non-hydrogen) atoms. The van der Waals surface area contributed by atoms with Crippen molar-refractivity contribution in [2.24, 2.45) is 0 Å². The Morgan fingerprint density at radius 2 is 1.41 bits per heavy atom. The van der Waals surface area contributed by atoms with Gasteiger partial charge in [-0.3, -0.25) is 9.52 Å². The Hall–Kier alpha value is -5.03. The van der Waals surface area contributed by atoms with Crippen LogP contribution in [0.3, 0.4) is 0 Å². The first-order valence-corrected chi connectivity index (χ1v) is 14.1. The molecule has 0 saturated carbocycles. The maximum Gasteiger partial charge on any atom is 0.338 e. The lowest BCUT2D eigenvalue weighted by Gasteiger charge is -2.19. The fourth-order valence-corrected chi connectivity index (χ4v) is 4.91. The molecule has 2 N–H and O–H groups in total. The number of benzene rings is 4. The van der Waals surface area contributed by atoms with Crippen molar-refractivity contribution in [3.63, 3.8) is 0 Å². The second-order valence-corrected chi connectivity index (χ2v) is 10.6. The van der Waals surface area contributed by atoms with Gasteiger partial charge >= 0.3 is 5.97 Å². The van der Waals surface area contributed by atoms with E-state index in [0.29, 0.717) is 41.9 Å². The summed E-state index contributed by atoms with van der Waals surface area (Å²) in [6, 6.07) is 26.1. The molecule has 0 radical (unpaired) electrons. The van der Waals surface area contributed by atoms with Crippen molar-refractivity contribution < 1.29 is 37.0 Å². The quantitative estimate of drug-likeness (QED) is 0.260. The Morgan fingerprint density at radius 1 is 0.780 bits per heavy atom. The number of carbonyl (C=O) groups excluding carboxylic acids is 2. The van der Waals surface area contributed by atoms with Gasteiger partial charge in [0.15, 0.2) is 17.6 Å². The third-order valence-corrected chi connectivity index (χ3v) is 7.33. The van der Waals surface area contributed by atoms with Crippen LogP contribution in [0.15, 0.2) is 102 Å². The summed E-state index contributed by atoms with van der Waals surface area (Å²) in [5, 5.41) is 2.69. The molecule has 0 bridgehead atoms. The number of para-hydroxylation sites is 1. The molecule has 4 aromatic carbocycles. The van der Waals surface area contributed by atoms with E-state index in [-0.39, 0.29) is 16.1 Å². The standard InChI is InChI=1S/C30H26N2O8S/c1-20(29(33)31-22-11-13-25(14-12-22)40-24-5-3-2-4-6-24)39-30(34)21-7-9-23(10-8-21)32-41(35,36)26-15-16-27-28(19-26)38-18-17-37-27/h2-16,19-20,32H,17-18H2,1H3,(H,31,33). The summed E-state index contributed by atoms with van der Waals surface area (Å²) in [7, 11) is -3.92. The first-order valence-electron chi connectivity index (χ1n) is 12.6. The number of amides is 1. The maximum atomic E-state index is 12.8. The van der Waals surface area contributed by atoms with Gasteiger partial charge in [-0.15, -0.1) is 0 Å². The van der Waals surface area contributed by atoms with E-state index < -0.39 is 28.0 Å². The highest BCUT2D eigenvalue weighted by atomic mass is 32.2. The van der Waals surface area contributed by atoms with E-state index in [0.717, 1.165) is 0 Å². The van der Waals surface area contributed by atoms with Crippen molar-refractivity contribution in [2.75, 3.05) is 23.3 Å². The molecule has 5 rings (SSSR count). The Bertz CT molecular complexity index is 1640. The van der Waals surface area contributed by atoms with Crippen LogP contribution in [0.2, 0.25) is 0 Å². The molecule has 10 nitrogen and oxygen atoms in total. The number of fused-ring (bicyclic) bond motifs is 1. The van der Waals surface area contributed by atoms with Crippen LogP contribution in [0.1, 0.15) is 17.3 Å². The van der Waals surface area contributed by atoms with Gasteiger partial charge in [-0.1, -0.05) is 18.2 Å². The average molecular weight is 575 g/mol. The second-order valence-electron chi connectivity index (χ2n) is 8.96. The van der Waals surface area contributed by atoms with Crippen LogP contribution >= 0.6 is 0 Å². The maximum absolute atomic E-state index is 12.8. The lowest BCUT2D eigenvalue weighted by Crippen LogP contribution is -2.30. The van der Waals surface area contributed by atoms with Gasteiger partial charge in [0.25, 0.3) is 15.9 Å². The highest BCUT2D eigenvalue weighted by Gasteiger charge is 2.21. The highest BCUT2D eigenvalue weighted by Crippen LogP contribution is 2.33. The Morgan fingerprint density at radius 3 is 2.12 bits per heavy atom. The summed E-state index contributed by atoms with van der Waals surface area (Å²) in [5.41, 5.74) is 0.893. The molecule has 1 aliphatic heterocycles. The van der Waals surface area contributed by atoms with Gasteiger partial charge in [0.2, 0.25) is 0 Å². The Kier molecular flexibility index (Phi) is 8.06. The molecule has 0 spiro atoms. The lowest BCUT2D eigenvalue weighted by atomic mass is 10.2. The smallest absolute Gasteiger partial charge is 0.338 e. The number of rotatable bonds is 9. The molecule has 4 aromatic rings. The molecule has 1 unspecified atom stereocenters. The third kappa shape index (κ3) is 6.95. The van der Waals surface area contributed by atoms with Gasteiger partial charge in [0.1, 0.15) is 24.7 Å². The predicted octanol–water partition coefficient (Wildman–Crippen LogP) is 5.23. The van der Waals surface area contributed by atoms with Crippen LogP contribution in [-0.4, -0.2) is 39.6 Å². The topological polar surface area (TPSA) is 129 Å². The molecule has 1 atom stereocenters. The van der Waals surface area contributed by atoms with E-state index in [1.807, 2.05) is 30.3 Å². The van der Waals surface area contributed by atoms with Gasteiger partial charge in [-0.05, 0) is 79.7 Å². The summed E-state index contributed by atoms with van der Waals surface area (Å²) in [4.78, 5) is 25.2. The van der Waals surface area contributed by atoms with E-state index in [4.69, 9.17) is 18.9 Å². The molecule has 0 fully saturated rings. The Balaban J connectivity index is 1.14. The number of carbonyl (C=O) groups is 2. The van der Waals surface area contributed by atoms with Crippen LogP contribution in [0, 0.1) is 0 Å². The zero-order valence-electron chi connectivity index (χ0n) is 21.9. The van der Waals surface area contributed by atoms with Gasteiger partial charge < -0.3 is 24.3 Å². The summed E-state index contributed by atoms with van der Waals surface area (Å²) >= 11 is 0. The third-order valence-electron chi connectivity index (χ3n) is 5.95. The Labute approximate surface area is 236 Å². The summed E-state index contributed by atoms with van der Waals surface area (Å²) in [6.07, 6.45) is -1.09. The monoisotopic (exact) mass is 574 g/mol. The van der Waals surface area contributed by atoms with Gasteiger partial charge in [0, 0.05) is 17.4 Å². The number of esters is 1. The number of sulfonamides is 1. The molecule has 1 amide bonds. The summed E-state index contributed by atoms with van der Waals surface area (Å²) < 4.78 is 50.0. The van der Waals surface area contributed by atoms with E-state index in [2.05, 4.69) is 10.0 Å². The minimum absolute atomic E-state index is 0.00318. The zero-order valence-corrected chi connectivity index (χ0v) is 22.7. The van der Waals surface area contributed by atoms with Crippen LogP contribution in [0.5, 0.6) is 23.0 Å². The van der Waals surface area contributed by atoms with Gasteiger partial charge in [-0.2, -0.15) is 0 Å². The van der Waals surface area contributed by atoms with Gasteiger partial charge in [-0.25, -0.2) is 13.2 Å². The molecular weight excluding hydrogens is 548 g/mol. The zero-order chi connectivity index (χ0) is 28.8. The molecule has 0 aliphatic carbocycles. The number of hydrogen-bond acceptors (Lipinski definition) is 8. The molecular formula is C30H26N2O8S. The van der Waals surface area contributed by atoms with E-state index >= 15 is 0 Å². The van der Waals surface area contributed by atoms with Crippen LogP contribution in [0.4, 0.5) is 11.4 Å². The van der Waals surface area contributed by atoms with Crippen LogP contribution in [-0.2, 0) is 19.6 Å². The fraction of sp³-hybridized carbons (Fsp3) is 0.133. The molecule has 11 heteroatoms. The minimum atomic E-state index is -3.92. The number of anilines is 2. The average Bonchev–Trinajstić information content (AvgIpc) is 2.98. The van der Waals surface area contributed by atoms with Crippen LogP contribution < -0.4 is 24.2 Å². The van der Waals surface area contributed by atoms with Crippen molar-refractivity contribution in [1.29, 1.82) is 0 Å². The molecule has 1 heterocycles. The van der Waals surface area contributed by atoms with E-state index in [9.17, 15) is 18.0 Å². The van der Waals surface area contributed by atoms with Crippen LogP contribution in [0.25, 0.3) is 0 Å². The number of ether oxygens (including phenoxy) is 4. The molecule has 0 saturated heterocycles. The largest absolute Gasteiger partial charge is 0.486 e. The summed E-state index contributed by atoms with van der Waals surface area (Å²) in [5.74, 6) is 0.872. The van der Waals surface area contributed by atoms with E-state index in [1.165, 1.54) is 49.4 Å². The summed E-state index contributed by atoms with van der Waals surface area (Å²) in [6.45, 7) is 2.18. The van der Waals surface area contributed by atoms with Crippen molar-refractivity contribution in [2.45, 2.75) is 17.9 Å². The second kappa shape index (κ2) is 12.0. The van der Waals surface area contributed by atoms with Crippen molar-refractivity contribution in [1.82, 2.24) is 0 Å². The number of hydrogen-bond donors (Lipinski definition) is 2. The molecule has 1 aliphatic rings.